The third-order valence-electron chi connectivity index (χ3n) is 7.23. The molecule has 3 aromatic heterocycles. The van der Waals surface area contributed by atoms with Crippen LogP contribution in [0.1, 0.15) is 11.4 Å². The molecule has 0 saturated carbocycles. The summed E-state index contributed by atoms with van der Waals surface area (Å²) >= 11 is 0. The van der Waals surface area contributed by atoms with Gasteiger partial charge >= 0.3 is 0 Å². The number of benzene rings is 4. The topological polar surface area (TPSA) is 51.6 Å². The molecule has 0 saturated heterocycles. The Morgan fingerprint density at radius 3 is 1.70 bits per heavy atom. The Morgan fingerprint density at radius 1 is 0.425 bits per heavy atom. The van der Waals surface area contributed by atoms with Gasteiger partial charge in [0, 0.05) is 38.9 Å². The summed E-state index contributed by atoms with van der Waals surface area (Å²) in [6.07, 6.45) is 0. The minimum absolute atomic E-state index is 0.714. The maximum Gasteiger partial charge on any atom is 0.160 e. The zero-order valence-corrected chi connectivity index (χ0v) is 22.3. The van der Waals surface area contributed by atoms with Crippen LogP contribution in [-0.2, 0) is 0 Å². The maximum atomic E-state index is 4.98. The van der Waals surface area contributed by atoms with Gasteiger partial charge in [-0.25, -0.2) is 9.97 Å². The van der Waals surface area contributed by atoms with Crippen LogP contribution in [0.15, 0.2) is 121 Å². The summed E-state index contributed by atoms with van der Waals surface area (Å²) in [7, 11) is 0. The molecule has 7 rings (SSSR count). The summed E-state index contributed by atoms with van der Waals surface area (Å²) < 4.78 is 0. The fourth-order valence-electron chi connectivity index (χ4n) is 5.22. The first-order chi connectivity index (χ1) is 19.6. The molecule has 190 valence electrons. The number of rotatable bonds is 4. The van der Waals surface area contributed by atoms with Crippen molar-refractivity contribution in [2.75, 3.05) is 0 Å². The standard InChI is InChI=1S/C36H26N4/c1-23-13-14-28-19-20-30-31(21-24(2)38-35(30)34(28)37-23)25-15-17-27(18-16-25)33-22-32(26-9-5-3-6-10-26)39-36(40-33)29-11-7-4-8-12-29/h3-22H,1-2H3. The van der Waals surface area contributed by atoms with Crippen molar-refractivity contribution in [3.63, 3.8) is 0 Å². The lowest BCUT2D eigenvalue weighted by Gasteiger charge is -2.12. The van der Waals surface area contributed by atoms with Gasteiger partial charge in [0.25, 0.3) is 0 Å². The zero-order valence-electron chi connectivity index (χ0n) is 22.3. The molecule has 3 heterocycles. The first kappa shape index (κ1) is 23.9. The van der Waals surface area contributed by atoms with Gasteiger partial charge in [0.2, 0.25) is 0 Å². The molecular weight excluding hydrogens is 488 g/mol. The fraction of sp³-hybridized carbons (Fsp3) is 0.0556. The molecule has 0 aliphatic carbocycles. The molecule has 0 fully saturated rings. The van der Waals surface area contributed by atoms with E-state index in [4.69, 9.17) is 19.9 Å². The molecule has 0 bridgehead atoms. The number of hydrogen-bond donors (Lipinski definition) is 0. The van der Waals surface area contributed by atoms with Crippen molar-refractivity contribution in [3.05, 3.63) is 133 Å². The maximum absolute atomic E-state index is 4.98. The van der Waals surface area contributed by atoms with Crippen molar-refractivity contribution < 1.29 is 0 Å². The van der Waals surface area contributed by atoms with Gasteiger partial charge in [-0.05, 0) is 43.2 Å². The van der Waals surface area contributed by atoms with Gasteiger partial charge in [0.15, 0.2) is 5.82 Å². The summed E-state index contributed by atoms with van der Waals surface area (Å²) in [4.78, 5) is 19.6. The molecule has 0 amide bonds. The number of aromatic nitrogens is 4. The van der Waals surface area contributed by atoms with Crippen molar-refractivity contribution in [2.24, 2.45) is 0 Å². The molecule has 0 aliphatic heterocycles. The average Bonchev–Trinajstić information content (AvgIpc) is 3.01. The van der Waals surface area contributed by atoms with Gasteiger partial charge < -0.3 is 0 Å². The molecule has 0 N–H and O–H groups in total. The van der Waals surface area contributed by atoms with E-state index in [9.17, 15) is 0 Å². The van der Waals surface area contributed by atoms with Gasteiger partial charge in [-0.2, -0.15) is 0 Å². The average molecular weight is 515 g/mol. The van der Waals surface area contributed by atoms with Crippen LogP contribution < -0.4 is 0 Å². The molecule has 0 spiro atoms. The van der Waals surface area contributed by atoms with Crippen LogP contribution >= 0.6 is 0 Å². The monoisotopic (exact) mass is 514 g/mol. The van der Waals surface area contributed by atoms with E-state index >= 15 is 0 Å². The predicted octanol–water partition coefficient (Wildman–Crippen LogP) is 8.86. The number of pyridine rings is 2. The van der Waals surface area contributed by atoms with E-state index < -0.39 is 0 Å². The minimum Gasteiger partial charge on any atom is -0.251 e. The molecule has 4 nitrogen and oxygen atoms in total. The van der Waals surface area contributed by atoms with Crippen LogP contribution in [0.3, 0.4) is 0 Å². The molecule has 0 aliphatic rings. The highest BCUT2D eigenvalue weighted by Gasteiger charge is 2.13. The molecule has 0 atom stereocenters. The van der Waals surface area contributed by atoms with E-state index in [2.05, 4.69) is 66.7 Å². The van der Waals surface area contributed by atoms with Gasteiger partial charge in [-0.3, -0.25) is 9.97 Å². The number of nitrogens with zero attached hydrogens (tertiary/aromatic N) is 4. The van der Waals surface area contributed by atoms with Crippen molar-refractivity contribution in [2.45, 2.75) is 13.8 Å². The summed E-state index contributed by atoms with van der Waals surface area (Å²) in [5.41, 5.74) is 11.0. The summed E-state index contributed by atoms with van der Waals surface area (Å²) in [5, 5.41) is 2.20. The SMILES string of the molecule is Cc1ccc2ccc3c(-c4ccc(-c5cc(-c6ccccc6)nc(-c6ccccc6)n5)cc4)cc(C)nc3c2n1. The van der Waals surface area contributed by atoms with Crippen LogP contribution in [0.2, 0.25) is 0 Å². The first-order valence-electron chi connectivity index (χ1n) is 13.4. The van der Waals surface area contributed by atoms with Crippen molar-refractivity contribution >= 4 is 21.8 Å². The van der Waals surface area contributed by atoms with E-state index in [1.165, 1.54) is 0 Å². The highest BCUT2D eigenvalue weighted by atomic mass is 14.9. The Labute approximate surface area is 233 Å². The second kappa shape index (κ2) is 9.83. The lowest BCUT2D eigenvalue weighted by atomic mass is 9.97. The molecule has 4 aromatic carbocycles. The lowest BCUT2D eigenvalue weighted by molar-refractivity contribution is 1.18. The molecule has 0 unspecified atom stereocenters. The van der Waals surface area contributed by atoms with Crippen LogP contribution in [0.5, 0.6) is 0 Å². The largest absolute Gasteiger partial charge is 0.251 e. The Hall–Kier alpha value is -5.22. The van der Waals surface area contributed by atoms with E-state index in [-0.39, 0.29) is 0 Å². The number of hydrogen-bond acceptors (Lipinski definition) is 4. The van der Waals surface area contributed by atoms with Crippen molar-refractivity contribution in [1.29, 1.82) is 0 Å². The molecule has 0 radical (unpaired) electrons. The van der Waals surface area contributed by atoms with Crippen LogP contribution in [0.4, 0.5) is 0 Å². The Bertz CT molecular complexity index is 1940. The van der Waals surface area contributed by atoms with Crippen molar-refractivity contribution in [3.8, 4) is 45.0 Å². The first-order valence-corrected chi connectivity index (χ1v) is 13.4. The lowest BCUT2D eigenvalue weighted by Crippen LogP contribution is -1.96. The zero-order chi connectivity index (χ0) is 27.1. The minimum atomic E-state index is 0.714. The van der Waals surface area contributed by atoms with E-state index in [1.807, 2.05) is 68.4 Å². The normalized spacial score (nSPS) is 11.2. The predicted molar refractivity (Wildman–Crippen MR) is 164 cm³/mol. The number of aryl methyl sites for hydroxylation is 2. The quantitative estimate of drug-likeness (QED) is 0.220. The molecule has 7 aromatic rings. The second-order valence-corrected chi connectivity index (χ2v) is 10.1. The van der Waals surface area contributed by atoms with E-state index in [0.29, 0.717) is 5.82 Å². The highest BCUT2D eigenvalue weighted by Crippen LogP contribution is 2.34. The third-order valence-corrected chi connectivity index (χ3v) is 7.23. The Kier molecular flexibility index (Phi) is 5.86. The van der Waals surface area contributed by atoms with Gasteiger partial charge in [0.1, 0.15) is 0 Å². The van der Waals surface area contributed by atoms with Gasteiger partial charge in [-0.1, -0.05) is 103 Å². The van der Waals surface area contributed by atoms with Crippen LogP contribution in [0, 0.1) is 13.8 Å². The second-order valence-electron chi connectivity index (χ2n) is 10.1. The summed E-state index contributed by atoms with van der Waals surface area (Å²) in [6.45, 7) is 4.07. The highest BCUT2D eigenvalue weighted by molar-refractivity contribution is 6.08. The fourth-order valence-corrected chi connectivity index (χ4v) is 5.22. The third kappa shape index (κ3) is 4.40. The van der Waals surface area contributed by atoms with E-state index in [1.54, 1.807) is 0 Å². The van der Waals surface area contributed by atoms with E-state index in [0.717, 1.165) is 72.4 Å². The van der Waals surface area contributed by atoms with Gasteiger partial charge in [-0.15, -0.1) is 0 Å². The van der Waals surface area contributed by atoms with Gasteiger partial charge in [0.05, 0.1) is 22.4 Å². The molecule has 4 heteroatoms. The summed E-state index contributed by atoms with van der Waals surface area (Å²) in [6, 6.07) is 41.7. The van der Waals surface area contributed by atoms with Crippen LogP contribution in [-0.4, -0.2) is 19.9 Å². The smallest absolute Gasteiger partial charge is 0.160 e. The van der Waals surface area contributed by atoms with Crippen LogP contribution in [0.25, 0.3) is 66.8 Å². The number of fused-ring (bicyclic) bond motifs is 3. The summed E-state index contributed by atoms with van der Waals surface area (Å²) in [5.74, 6) is 0.714. The Balaban J connectivity index is 1.35. The molecular formula is C36H26N4. The van der Waals surface area contributed by atoms with Crippen molar-refractivity contribution in [1.82, 2.24) is 19.9 Å². The Morgan fingerprint density at radius 2 is 1.00 bits per heavy atom. The molecule has 40 heavy (non-hydrogen) atoms.